The van der Waals surface area contributed by atoms with Gasteiger partial charge in [0, 0.05) is 0 Å². The van der Waals surface area contributed by atoms with Gasteiger partial charge in [0.15, 0.2) is 0 Å². The average molecular weight is 825 g/mol. The number of fused-ring (bicyclic) bond motifs is 6. The van der Waals surface area contributed by atoms with E-state index in [1.807, 2.05) is 5.57 Å². The Morgan fingerprint density at radius 3 is 0.750 bits per heavy atom. The van der Waals surface area contributed by atoms with Crippen LogP contribution in [0.15, 0.2) is 60.3 Å². The molecule has 0 nitrogen and oxygen atoms in total. The SMILES string of the molecule is C1=C2C3CC3C3CC3C2CCC1.C1=CCCCCCCCCCC1.C1=CCCCCCCCCCC1.C1=CCCCCCCCCCC1.C1=CCCCCCCCCCC1. The first-order valence-corrected chi connectivity index (χ1v) is 28.2. The summed E-state index contributed by atoms with van der Waals surface area (Å²) < 4.78 is 0. The molecule has 0 aromatic heterocycles. The molecule has 0 amide bonds. The Morgan fingerprint density at radius 1 is 0.217 bits per heavy atom. The van der Waals surface area contributed by atoms with Crippen LogP contribution in [0.25, 0.3) is 0 Å². The van der Waals surface area contributed by atoms with Crippen LogP contribution in [-0.2, 0) is 0 Å². The van der Waals surface area contributed by atoms with Crippen LogP contribution in [0.4, 0.5) is 0 Å². The minimum atomic E-state index is 1.08. The molecule has 0 saturated heterocycles. The normalized spacial score (nSPS) is 30.0. The molecule has 5 unspecified atom stereocenters. The molecule has 3 saturated carbocycles. The van der Waals surface area contributed by atoms with Gasteiger partial charge in [0.2, 0.25) is 0 Å². The average Bonchev–Trinajstić information content (AvgIpc) is 4.18. The van der Waals surface area contributed by atoms with Crippen molar-refractivity contribution in [2.75, 3.05) is 0 Å². The van der Waals surface area contributed by atoms with Crippen LogP contribution < -0.4 is 0 Å². The molecule has 60 heavy (non-hydrogen) atoms. The van der Waals surface area contributed by atoms with E-state index in [0.717, 1.165) is 11.8 Å². The number of allylic oxidation sites excluding steroid dienone is 10. The lowest BCUT2D eigenvalue weighted by atomic mass is 9.77. The summed E-state index contributed by atoms with van der Waals surface area (Å²) in [5.74, 6) is 5.72. The van der Waals surface area contributed by atoms with Crippen LogP contribution in [0.2, 0.25) is 0 Å². The predicted molar refractivity (Wildman–Crippen MR) is 270 cm³/mol. The van der Waals surface area contributed by atoms with Gasteiger partial charge in [-0.1, -0.05) is 214 Å². The molecule has 8 rings (SSSR count). The molecule has 0 N–H and O–H groups in total. The van der Waals surface area contributed by atoms with Crippen molar-refractivity contribution >= 4 is 0 Å². The van der Waals surface area contributed by atoms with E-state index in [2.05, 4.69) is 54.7 Å². The predicted octanol–water partition coefficient (Wildman–Crippen LogP) is 20.8. The third kappa shape index (κ3) is 26.4. The Hall–Kier alpha value is -1.30. The maximum absolute atomic E-state index is 2.60. The van der Waals surface area contributed by atoms with Gasteiger partial charge in [-0.2, -0.15) is 0 Å². The summed E-state index contributed by atoms with van der Waals surface area (Å²) in [6.45, 7) is 0. The smallest absolute Gasteiger partial charge is 0.0166 e. The third-order valence-corrected chi connectivity index (χ3v) is 15.4. The number of hydrogen-bond acceptors (Lipinski definition) is 0. The van der Waals surface area contributed by atoms with Crippen LogP contribution >= 0.6 is 0 Å². The van der Waals surface area contributed by atoms with Crippen LogP contribution in [0.1, 0.15) is 289 Å². The van der Waals surface area contributed by atoms with Crippen molar-refractivity contribution in [3.8, 4) is 0 Å². The van der Waals surface area contributed by atoms with E-state index in [9.17, 15) is 0 Å². The highest BCUT2D eigenvalue weighted by atomic mass is 14.7. The zero-order valence-corrected chi connectivity index (χ0v) is 40.4. The molecular formula is C60H104. The quantitative estimate of drug-likeness (QED) is 0.214. The first-order chi connectivity index (χ1) is 29.9. The molecule has 3 fully saturated rings. The van der Waals surface area contributed by atoms with Gasteiger partial charge in [0.25, 0.3) is 0 Å². The van der Waals surface area contributed by atoms with Gasteiger partial charge in [-0.15, -0.1) is 0 Å². The highest BCUT2D eigenvalue weighted by Crippen LogP contribution is 2.70. The second-order valence-electron chi connectivity index (χ2n) is 20.8. The molecule has 0 spiro atoms. The van der Waals surface area contributed by atoms with E-state index in [1.165, 1.54) is 294 Å². The summed E-state index contributed by atoms with van der Waals surface area (Å²) in [6, 6.07) is 0. The molecule has 5 atom stereocenters. The van der Waals surface area contributed by atoms with Gasteiger partial charge in [0.1, 0.15) is 0 Å². The van der Waals surface area contributed by atoms with E-state index < -0.39 is 0 Å². The molecule has 0 bridgehead atoms. The lowest BCUT2D eigenvalue weighted by Gasteiger charge is -2.28. The van der Waals surface area contributed by atoms with Crippen LogP contribution in [-0.4, -0.2) is 0 Å². The van der Waals surface area contributed by atoms with Crippen LogP contribution in [0, 0.1) is 29.6 Å². The summed E-state index contributed by atoms with van der Waals surface area (Å²) in [5.41, 5.74) is 1.92. The summed E-state index contributed by atoms with van der Waals surface area (Å²) in [5, 5.41) is 0. The Labute approximate surface area is 377 Å². The lowest BCUT2D eigenvalue weighted by Crippen LogP contribution is -2.18. The maximum Gasteiger partial charge on any atom is -0.0166 e. The van der Waals surface area contributed by atoms with Crippen molar-refractivity contribution in [3.05, 3.63) is 60.3 Å². The topological polar surface area (TPSA) is 0 Å². The fourth-order valence-corrected chi connectivity index (χ4v) is 11.4. The van der Waals surface area contributed by atoms with Gasteiger partial charge in [-0.3, -0.25) is 0 Å². The first kappa shape index (κ1) is 51.3. The molecular weight excluding hydrogens is 721 g/mol. The zero-order valence-electron chi connectivity index (χ0n) is 40.4. The molecule has 8 aliphatic carbocycles. The summed E-state index contributed by atoms with van der Waals surface area (Å²) in [7, 11) is 0. The second-order valence-corrected chi connectivity index (χ2v) is 20.8. The zero-order chi connectivity index (χ0) is 41.6. The van der Waals surface area contributed by atoms with E-state index >= 15 is 0 Å². The summed E-state index contributed by atoms with van der Waals surface area (Å²) in [6.07, 6.45) is 86.2. The number of hydrogen-bond donors (Lipinski definition) is 0. The Balaban J connectivity index is 0.000000165. The van der Waals surface area contributed by atoms with Crippen molar-refractivity contribution in [1.29, 1.82) is 0 Å². The van der Waals surface area contributed by atoms with E-state index in [-0.39, 0.29) is 0 Å². The third-order valence-electron chi connectivity index (χ3n) is 15.4. The fourth-order valence-electron chi connectivity index (χ4n) is 11.4. The van der Waals surface area contributed by atoms with E-state index in [0.29, 0.717) is 0 Å². The Bertz CT molecular complexity index is 939. The van der Waals surface area contributed by atoms with Crippen molar-refractivity contribution in [2.45, 2.75) is 289 Å². The largest absolute Gasteiger partial charge is 0.0885 e. The van der Waals surface area contributed by atoms with Gasteiger partial charge >= 0.3 is 0 Å². The monoisotopic (exact) mass is 825 g/mol. The van der Waals surface area contributed by atoms with Crippen LogP contribution in [0.3, 0.4) is 0 Å². The molecule has 0 heterocycles. The van der Waals surface area contributed by atoms with Crippen molar-refractivity contribution < 1.29 is 0 Å². The maximum atomic E-state index is 2.60. The molecule has 8 aliphatic rings. The Kier molecular flexibility index (Phi) is 31.8. The second kappa shape index (κ2) is 37.1. The lowest BCUT2D eigenvalue weighted by molar-refractivity contribution is 0.368. The van der Waals surface area contributed by atoms with E-state index in [4.69, 9.17) is 0 Å². The molecule has 0 radical (unpaired) electrons. The van der Waals surface area contributed by atoms with Crippen LogP contribution in [0.5, 0.6) is 0 Å². The molecule has 0 aromatic carbocycles. The minimum absolute atomic E-state index is 1.08. The highest BCUT2D eigenvalue weighted by molar-refractivity contribution is 5.30. The van der Waals surface area contributed by atoms with Gasteiger partial charge in [0.05, 0.1) is 0 Å². The van der Waals surface area contributed by atoms with Gasteiger partial charge < -0.3 is 0 Å². The molecule has 0 heteroatoms. The standard InChI is InChI=1S/C12H16.4C12H22/c1-2-4-8-7(3-1)9-5-11(9)12-6-10(8)12;4*1-2-4-6-8-10-12-11-9-7-5-3-1/h3,8-12H,1-2,4-6H2;4*1-2H,3-12H2. The van der Waals surface area contributed by atoms with Crippen molar-refractivity contribution in [1.82, 2.24) is 0 Å². The Morgan fingerprint density at radius 2 is 0.467 bits per heavy atom. The molecule has 0 aliphatic heterocycles. The first-order valence-electron chi connectivity index (χ1n) is 28.2. The summed E-state index contributed by atoms with van der Waals surface area (Å²) in [4.78, 5) is 0. The van der Waals surface area contributed by atoms with Crippen molar-refractivity contribution in [2.24, 2.45) is 29.6 Å². The minimum Gasteiger partial charge on any atom is -0.0885 e. The molecule has 344 valence electrons. The fraction of sp³-hybridized carbons (Fsp3) is 0.833. The molecule has 0 aromatic rings. The van der Waals surface area contributed by atoms with Gasteiger partial charge in [-0.05, 0) is 164 Å². The highest BCUT2D eigenvalue weighted by Gasteiger charge is 2.62. The van der Waals surface area contributed by atoms with Crippen molar-refractivity contribution in [3.63, 3.8) is 0 Å². The van der Waals surface area contributed by atoms with E-state index in [1.54, 1.807) is 12.8 Å². The summed E-state index contributed by atoms with van der Waals surface area (Å²) >= 11 is 0. The van der Waals surface area contributed by atoms with Gasteiger partial charge in [-0.25, -0.2) is 0 Å². The number of rotatable bonds is 0.